The largest absolute Gasteiger partial charge is 0.478 e. The molecule has 4 nitrogen and oxygen atoms in total. The molecule has 0 saturated carbocycles. The number of rotatable bonds is 7. The molecular formula is C14H18O4. The fourth-order valence-corrected chi connectivity index (χ4v) is 1.46. The van der Waals surface area contributed by atoms with Gasteiger partial charge >= 0.3 is 11.9 Å². The first kappa shape index (κ1) is 14.2. The van der Waals surface area contributed by atoms with Crippen molar-refractivity contribution in [3.8, 4) is 0 Å². The van der Waals surface area contributed by atoms with Gasteiger partial charge in [-0.15, -0.1) is 0 Å². The summed E-state index contributed by atoms with van der Waals surface area (Å²) in [7, 11) is 0. The number of aliphatic carboxylic acids is 1. The van der Waals surface area contributed by atoms with Gasteiger partial charge in [0.1, 0.15) is 5.60 Å². The molecule has 4 heteroatoms. The van der Waals surface area contributed by atoms with E-state index in [2.05, 4.69) is 6.58 Å². The Labute approximate surface area is 107 Å². The normalized spacial score (nSPS) is 16.2. The van der Waals surface area contributed by atoms with E-state index in [9.17, 15) is 9.59 Å². The lowest BCUT2D eigenvalue weighted by atomic mass is 10.1. The lowest BCUT2D eigenvalue weighted by Crippen LogP contribution is -2.22. The molecular weight excluding hydrogens is 232 g/mol. The van der Waals surface area contributed by atoms with Gasteiger partial charge in [-0.1, -0.05) is 26.0 Å². The first-order valence-corrected chi connectivity index (χ1v) is 5.92. The number of carbonyl (C=O) groups excluding carboxylic acids is 1. The van der Waals surface area contributed by atoms with E-state index in [4.69, 9.17) is 9.84 Å². The first-order valence-electron chi connectivity index (χ1n) is 5.92. The SMILES string of the molecule is C=C(CC=C(C)C(=O)O)C(=O)OC1(CCC)C=C1. The van der Waals surface area contributed by atoms with Crippen LogP contribution in [0.1, 0.15) is 33.1 Å². The Morgan fingerprint density at radius 3 is 2.50 bits per heavy atom. The third kappa shape index (κ3) is 3.87. The number of ether oxygens (including phenoxy) is 1. The van der Waals surface area contributed by atoms with Crippen molar-refractivity contribution >= 4 is 11.9 Å². The van der Waals surface area contributed by atoms with Crippen LogP contribution in [0.15, 0.2) is 36.0 Å². The van der Waals surface area contributed by atoms with Crippen LogP contribution < -0.4 is 0 Å². The van der Waals surface area contributed by atoms with Crippen LogP contribution in [-0.2, 0) is 14.3 Å². The summed E-state index contributed by atoms with van der Waals surface area (Å²) >= 11 is 0. The number of carboxylic acid groups (broad SMARTS) is 1. The molecule has 0 radical (unpaired) electrons. The van der Waals surface area contributed by atoms with Crippen molar-refractivity contribution in [1.82, 2.24) is 0 Å². The monoisotopic (exact) mass is 250 g/mol. The fraction of sp³-hybridized carbons (Fsp3) is 0.429. The maximum absolute atomic E-state index is 11.7. The Balaban J connectivity index is 2.46. The molecule has 0 aromatic carbocycles. The second kappa shape index (κ2) is 5.67. The summed E-state index contributed by atoms with van der Waals surface area (Å²) in [5.74, 6) is -1.47. The van der Waals surface area contributed by atoms with Gasteiger partial charge in [-0.3, -0.25) is 0 Å². The van der Waals surface area contributed by atoms with Crippen molar-refractivity contribution in [3.05, 3.63) is 36.0 Å². The number of esters is 1. The molecule has 0 heterocycles. The molecule has 0 spiro atoms. The van der Waals surface area contributed by atoms with Crippen LogP contribution in [0.25, 0.3) is 0 Å². The highest BCUT2D eigenvalue weighted by Crippen LogP contribution is 2.34. The van der Waals surface area contributed by atoms with Gasteiger partial charge in [0.05, 0.1) is 0 Å². The number of allylic oxidation sites excluding steroid dienone is 1. The molecule has 98 valence electrons. The summed E-state index contributed by atoms with van der Waals surface area (Å²) in [5, 5.41) is 8.68. The van der Waals surface area contributed by atoms with Gasteiger partial charge in [-0.05, 0) is 31.9 Å². The minimum Gasteiger partial charge on any atom is -0.478 e. The van der Waals surface area contributed by atoms with Crippen LogP contribution in [0.2, 0.25) is 0 Å². The Morgan fingerprint density at radius 2 is 2.06 bits per heavy atom. The molecule has 0 aromatic rings. The van der Waals surface area contributed by atoms with Crippen LogP contribution in [0.5, 0.6) is 0 Å². The zero-order valence-electron chi connectivity index (χ0n) is 10.7. The first-order chi connectivity index (χ1) is 8.40. The minimum atomic E-state index is -0.998. The zero-order chi connectivity index (χ0) is 13.8. The maximum atomic E-state index is 11.7. The predicted molar refractivity (Wildman–Crippen MR) is 68.0 cm³/mol. The van der Waals surface area contributed by atoms with E-state index in [1.54, 1.807) is 0 Å². The quantitative estimate of drug-likeness (QED) is 0.428. The lowest BCUT2D eigenvalue weighted by molar-refractivity contribution is -0.145. The van der Waals surface area contributed by atoms with E-state index in [0.29, 0.717) is 0 Å². The van der Waals surface area contributed by atoms with E-state index in [1.807, 2.05) is 19.1 Å². The van der Waals surface area contributed by atoms with Gasteiger partial charge in [-0.2, -0.15) is 0 Å². The molecule has 0 amide bonds. The lowest BCUT2D eigenvalue weighted by Gasteiger charge is -2.16. The Bertz CT molecular complexity index is 423. The third-order valence-electron chi connectivity index (χ3n) is 2.74. The number of hydrogen-bond acceptors (Lipinski definition) is 3. The predicted octanol–water partition coefficient (Wildman–Crippen LogP) is 2.62. The second-order valence-electron chi connectivity index (χ2n) is 4.43. The zero-order valence-corrected chi connectivity index (χ0v) is 10.7. The molecule has 1 aliphatic rings. The molecule has 18 heavy (non-hydrogen) atoms. The van der Waals surface area contributed by atoms with Crippen molar-refractivity contribution < 1.29 is 19.4 Å². The summed E-state index contributed by atoms with van der Waals surface area (Å²) in [5.41, 5.74) is -0.0584. The second-order valence-corrected chi connectivity index (χ2v) is 4.43. The van der Waals surface area contributed by atoms with Crippen molar-refractivity contribution in [1.29, 1.82) is 0 Å². The van der Waals surface area contributed by atoms with E-state index in [-0.39, 0.29) is 17.6 Å². The highest BCUT2D eigenvalue weighted by atomic mass is 16.6. The van der Waals surface area contributed by atoms with Crippen LogP contribution in [-0.4, -0.2) is 22.6 Å². The van der Waals surface area contributed by atoms with E-state index < -0.39 is 17.5 Å². The average Bonchev–Trinajstić information content (AvgIpc) is 3.05. The fourth-order valence-electron chi connectivity index (χ4n) is 1.46. The molecule has 0 aromatic heterocycles. The Morgan fingerprint density at radius 1 is 1.44 bits per heavy atom. The summed E-state index contributed by atoms with van der Waals surface area (Å²) in [6.45, 7) is 7.11. The van der Waals surface area contributed by atoms with Gasteiger partial charge in [-0.25, -0.2) is 9.59 Å². The van der Waals surface area contributed by atoms with Crippen LogP contribution >= 0.6 is 0 Å². The topological polar surface area (TPSA) is 63.6 Å². The molecule has 1 rings (SSSR count). The van der Waals surface area contributed by atoms with Gasteiger partial charge in [0.15, 0.2) is 0 Å². The maximum Gasteiger partial charge on any atom is 0.334 e. The molecule has 0 unspecified atom stereocenters. The summed E-state index contributed by atoms with van der Waals surface area (Å²) < 4.78 is 5.32. The highest BCUT2D eigenvalue weighted by molar-refractivity contribution is 5.90. The summed E-state index contributed by atoms with van der Waals surface area (Å²) in [6, 6.07) is 0. The summed E-state index contributed by atoms with van der Waals surface area (Å²) in [6.07, 6.45) is 7.04. The highest BCUT2D eigenvalue weighted by Gasteiger charge is 2.37. The Kier molecular flexibility index (Phi) is 4.48. The van der Waals surface area contributed by atoms with E-state index in [1.165, 1.54) is 13.0 Å². The van der Waals surface area contributed by atoms with Crippen molar-refractivity contribution in [2.45, 2.75) is 38.7 Å². The summed E-state index contributed by atoms with van der Waals surface area (Å²) in [4.78, 5) is 22.3. The van der Waals surface area contributed by atoms with Crippen LogP contribution in [0, 0.1) is 0 Å². The Hall–Kier alpha value is -1.84. The molecule has 1 aliphatic carbocycles. The third-order valence-corrected chi connectivity index (χ3v) is 2.74. The molecule has 0 atom stereocenters. The van der Waals surface area contributed by atoms with Gasteiger partial charge < -0.3 is 9.84 Å². The molecule has 0 bridgehead atoms. The van der Waals surface area contributed by atoms with Gasteiger partial charge in [0, 0.05) is 11.1 Å². The molecule has 0 fully saturated rings. The number of carboxylic acids is 1. The smallest absolute Gasteiger partial charge is 0.334 e. The number of carbonyl (C=O) groups is 2. The average molecular weight is 250 g/mol. The van der Waals surface area contributed by atoms with E-state index in [0.717, 1.165) is 12.8 Å². The minimum absolute atomic E-state index is 0.191. The van der Waals surface area contributed by atoms with E-state index >= 15 is 0 Å². The number of hydrogen-bond donors (Lipinski definition) is 1. The van der Waals surface area contributed by atoms with Crippen molar-refractivity contribution in [2.75, 3.05) is 0 Å². The van der Waals surface area contributed by atoms with Crippen molar-refractivity contribution in [3.63, 3.8) is 0 Å². The standard InChI is InChI=1S/C14H18O4/c1-4-7-14(8-9-14)18-13(17)11(3)6-5-10(2)12(15)16/h5,8-9H,3-4,6-7H2,1-2H3,(H,15,16). The molecule has 0 aliphatic heterocycles. The molecule has 1 N–H and O–H groups in total. The van der Waals surface area contributed by atoms with Crippen LogP contribution in [0.4, 0.5) is 0 Å². The van der Waals surface area contributed by atoms with Gasteiger partial charge in [0.25, 0.3) is 0 Å². The van der Waals surface area contributed by atoms with Crippen molar-refractivity contribution in [2.24, 2.45) is 0 Å². The van der Waals surface area contributed by atoms with Gasteiger partial charge in [0.2, 0.25) is 0 Å². The molecule has 0 saturated heterocycles. The van der Waals surface area contributed by atoms with Crippen LogP contribution in [0.3, 0.4) is 0 Å².